The second-order valence-electron chi connectivity index (χ2n) is 5.26. The predicted molar refractivity (Wildman–Crippen MR) is 70.8 cm³/mol. The van der Waals surface area contributed by atoms with Crippen LogP contribution in [0.15, 0.2) is 0 Å². The zero-order chi connectivity index (χ0) is 16.4. The minimum Gasteiger partial charge on any atom is -0.349 e. The number of alkyl halides is 5. The van der Waals surface area contributed by atoms with Crippen molar-refractivity contribution >= 4 is 21.8 Å². The van der Waals surface area contributed by atoms with E-state index in [0.717, 1.165) is 6.42 Å². The predicted octanol–water partition coefficient (Wildman–Crippen LogP) is 2.14. The van der Waals surface area contributed by atoms with E-state index in [1.54, 1.807) is 15.9 Å². The van der Waals surface area contributed by atoms with E-state index >= 15 is 0 Å². The molecule has 124 valence electrons. The number of tetrazole rings is 1. The Hall–Kier alpha value is -1.26. The maximum absolute atomic E-state index is 13.3. The number of aromatic nitrogens is 4. The topological polar surface area (TPSA) is 83.6 Å². The molecule has 0 saturated heterocycles. The second kappa shape index (κ2) is 6.09. The molecule has 0 radical (unpaired) electrons. The van der Waals surface area contributed by atoms with Crippen LogP contribution in [0, 0.1) is 0 Å². The summed E-state index contributed by atoms with van der Waals surface area (Å²) in [6.45, 7) is -1.48. The molecule has 0 bridgehead atoms. The lowest BCUT2D eigenvalue weighted by Gasteiger charge is -2.33. The van der Waals surface area contributed by atoms with Gasteiger partial charge in [-0.2, -0.15) is 22.8 Å². The van der Waals surface area contributed by atoms with Gasteiger partial charge in [0.15, 0.2) is 5.82 Å². The van der Waals surface area contributed by atoms with Crippen molar-refractivity contribution in [2.75, 3.05) is 6.54 Å². The molecular weight excluding hydrogens is 374 g/mol. The molecule has 1 fully saturated rings. The van der Waals surface area contributed by atoms with Gasteiger partial charge < -0.3 is 5.32 Å². The van der Waals surface area contributed by atoms with E-state index in [-0.39, 0.29) is 5.82 Å². The average Bonchev–Trinajstić information content (AvgIpc) is 2.99. The Kier molecular flexibility index (Phi) is 4.73. The normalized spacial score (nSPS) is 19.0. The molecule has 1 amide bonds. The van der Waals surface area contributed by atoms with Gasteiger partial charge in [0.1, 0.15) is 5.41 Å². The molecule has 22 heavy (non-hydrogen) atoms. The molecule has 1 heterocycles. The van der Waals surface area contributed by atoms with Crippen molar-refractivity contribution in [3.63, 3.8) is 0 Å². The number of carbonyl (C=O) groups is 1. The van der Waals surface area contributed by atoms with Crippen LogP contribution in [0.25, 0.3) is 0 Å². The summed E-state index contributed by atoms with van der Waals surface area (Å²) < 4.78 is 52.0. The molecule has 11 heteroatoms. The molecule has 1 aromatic rings. The summed E-state index contributed by atoms with van der Waals surface area (Å²) in [4.78, 5) is 7.96. The molecule has 1 aliphatic carbocycles. The molecule has 0 aliphatic heterocycles. The van der Waals surface area contributed by atoms with Crippen LogP contribution in [0.1, 0.15) is 37.9 Å². The smallest absolute Gasteiger partial charge is 0.349 e. The van der Waals surface area contributed by atoms with Gasteiger partial charge >= 0.3 is 10.8 Å². The number of hydrogen-bond donors (Lipinski definition) is 2. The highest BCUT2D eigenvalue weighted by Crippen LogP contribution is 2.40. The quantitative estimate of drug-likeness (QED) is 0.598. The summed E-state index contributed by atoms with van der Waals surface area (Å²) in [5, 5.41) is 15.1. The van der Waals surface area contributed by atoms with Crippen molar-refractivity contribution in [2.24, 2.45) is 0 Å². The van der Waals surface area contributed by atoms with Crippen molar-refractivity contribution in [3.8, 4) is 0 Å². The standard InChI is InChI=1S/C11H14BrF4N5O/c12-11(15,16)10(13,14)6-17-8(22)9(4-2-1-3-5-9)7-18-20-21-19-7/h1-6H2,(H,17,22)(H,18,19,20,21). The molecule has 0 atom stereocenters. The summed E-state index contributed by atoms with van der Waals surface area (Å²) >= 11 is 1.62. The van der Waals surface area contributed by atoms with Crippen LogP contribution >= 0.6 is 15.9 Å². The van der Waals surface area contributed by atoms with E-state index < -0.39 is 28.6 Å². The molecule has 2 rings (SSSR count). The largest absolute Gasteiger partial charge is 0.365 e. The van der Waals surface area contributed by atoms with E-state index in [1.807, 2.05) is 5.32 Å². The number of H-pyrrole nitrogens is 1. The lowest BCUT2D eigenvalue weighted by Crippen LogP contribution is -2.52. The van der Waals surface area contributed by atoms with Crippen LogP contribution < -0.4 is 5.32 Å². The molecule has 1 aromatic heterocycles. The van der Waals surface area contributed by atoms with Gasteiger partial charge in [-0.3, -0.25) is 4.79 Å². The maximum Gasteiger partial charge on any atom is 0.365 e. The first-order valence-electron chi connectivity index (χ1n) is 6.66. The summed E-state index contributed by atoms with van der Waals surface area (Å²) in [5.41, 5.74) is -1.21. The van der Waals surface area contributed by atoms with E-state index in [1.165, 1.54) is 0 Å². The van der Waals surface area contributed by atoms with Crippen LogP contribution in [0.4, 0.5) is 17.6 Å². The molecule has 2 N–H and O–H groups in total. The third-order valence-corrected chi connectivity index (χ3v) is 4.38. The van der Waals surface area contributed by atoms with E-state index in [4.69, 9.17) is 0 Å². The fraction of sp³-hybridized carbons (Fsp3) is 0.818. The van der Waals surface area contributed by atoms with Gasteiger partial charge in [0.05, 0.1) is 6.54 Å². The Balaban J connectivity index is 2.14. The number of hydrogen-bond acceptors (Lipinski definition) is 4. The zero-order valence-electron chi connectivity index (χ0n) is 11.4. The van der Waals surface area contributed by atoms with Crippen LogP contribution in [0.3, 0.4) is 0 Å². The summed E-state index contributed by atoms with van der Waals surface area (Å²) in [6, 6.07) is 0. The van der Waals surface area contributed by atoms with Crippen LogP contribution in [0.2, 0.25) is 0 Å². The van der Waals surface area contributed by atoms with E-state index in [2.05, 4.69) is 20.6 Å². The first-order valence-corrected chi connectivity index (χ1v) is 7.45. The van der Waals surface area contributed by atoms with Gasteiger partial charge in [0, 0.05) is 0 Å². The molecule has 1 saturated carbocycles. The molecule has 6 nitrogen and oxygen atoms in total. The van der Waals surface area contributed by atoms with Crippen molar-refractivity contribution in [2.45, 2.75) is 48.3 Å². The van der Waals surface area contributed by atoms with Gasteiger partial charge in [-0.15, -0.1) is 10.2 Å². The number of halogens is 5. The molecular formula is C11H14BrF4N5O. The number of nitrogens with one attached hydrogen (secondary N) is 2. The summed E-state index contributed by atoms with van der Waals surface area (Å²) in [5.74, 6) is -5.10. The van der Waals surface area contributed by atoms with Crippen molar-refractivity contribution in [3.05, 3.63) is 5.82 Å². The van der Waals surface area contributed by atoms with Gasteiger partial charge in [0.2, 0.25) is 5.91 Å². The molecule has 0 aromatic carbocycles. The average molecular weight is 388 g/mol. The van der Waals surface area contributed by atoms with Crippen LogP contribution in [-0.2, 0) is 10.2 Å². The molecule has 1 aliphatic rings. The summed E-state index contributed by atoms with van der Waals surface area (Å²) in [7, 11) is 0. The Morgan fingerprint density at radius 2 is 1.91 bits per heavy atom. The minimum absolute atomic E-state index is 0.0959. The number of carbonyl (C=O) groups excluding carboxylic acids is 1. The van der Waals surface area contributed by atoms with Gasteiger partial charge in [-0.05, 0) is 28.8 Å². The monoisotopic (exact) mass is 387 g/mol. The minimum atomic E-state index is -4.41. The van der Waals surface area contributed by atoms with Crippen molar-refractivity contribution in [1.29, 1.82) is 0 Å². The highest BCUT2D eigenvalue weighted by atomic mass is 79.9. The van der Waals surface area contributed by atoms with Crippen molar-refractivity contribution in [1.82, 2.24) is 25.9 Å². The number of rotatable bonds is 5. The maximum atomic E-state index is 13.3. The Morgan fingerprint density at radius 3 is 2.41 bits per heavy atom. The fourth-order valence-corrected chi connectivity index (χ4v) is 2.67. The highest BCUT2D eigenvalue weighted by molar-refractivity contribution is 9.10. The van der Waals surface area contributed by atoms with E-state index in [9.17, 15) is 22.4 Å². The SMILES string of the molecule is O=C(NCC(F)(F)C(F)(F)Br)C1(c2nn[nH]n2)CCCCC1. The van der Waals surface area contributed by atoms with E-state index in [0.29, 0.717) is 25.7 Å². The Labute approximate surface area is 131 Å². The third kappa shape index (κ3) is 3.23. The number of aromatic amines is 1. The Morgan fingerprint density at radius 1 is 1.27 bits per heavy atom. The van der Waals surface area contributed by atoms with Crippen LogP contribution in [0.5, 0.6) is 0 Å². The third-order valence-electron chi connectivity index (χ3n) is 3.80. The van der Waals surface area contributed by atoms with Crippen LogP contribution in [-0.4, -0.2) is 43.8 Å². The zero-order valence-corrected chi connectivity index (χ0v) is 13.0. The number of nitrogens with zero attached hydrogens (tertiary/aromatic N) is 3. The van der Waals surface area contributed by atoms with Gasteiger partial charge in [-0.1, -0.05) is 24.5 Å². The highest BCUT2D eigenvalue weighted by Gasteiger charge is 2.55. The lowest BCUT2D eigenvalue weighted by atomic mass is 9.72. The lowest BCUT2D eigenvalue weighted by molar-refractivity contribution is -0.151. The summed E-state index contributed by atoms with van der Waals surface area (Å²) in [6.07, 6.45) is 2.98. The molecule has 0 spiro atoms. The Bertz CT molecular complexity index is 513. The fourth-order valence-electron chi connectivity index (χ4n) is 2.53. The van der Waals surface area contributed by atoms with Gasteiger partial charge in [0.25, 0.3) is 0 Å². The first-order chi connectivity index (χ1) is 10.2. The molecule has 0 unspecified atom stereocenters. The first kappa shape index (κ1) is 17.1. The number of amides is 1. The van der Waals surface area contributed by atoms with Crippen molar-refractivity contribution < 1.29 is 22.4 Å². The van der Waals surface area contributed by atoms with Gasteiger partial charge in [-0.25, -0.2) is 0 Å². The second-order valence-corrected chi connectivity index (χ2v) is 6.26.